The van der Waals surface area contributed by atoms with Gasteiger partial charge in [-0.15, -0.1) is 28.1 Å². The van der Waals surface area contributed by atoms with Crippen molar-refractivity contribution in [1.82, 2.24) is 19.3 Å². The Morgan fingerprint density at radius 3 is 2.80 bits per heavy atom. The number of halogens is 1. The second-order valence-electron chi connectivity index (χ2n) is 7.06. The van der Waals surface area contributed by atoms with E-state index in [1.165, 1.54) is 28.0 Å². The summed E-state index contributed by atoms with van der Waals surface area (Å²) in [7, 11) is 0. The molecule has 0 unspecified atom stereocenters. The molecular formula is C22H20FN5OS. The number of nitrogens with zero attached hydrogens (tertiary/aromatic N) is 5. The van der Waals surface area contributed by atoms with Crippen LogP contribution in [0.1, 0.15) is 36.5 Å². The van der Waals surface area contributed by atoms with Crippen LogP contribution in [0.2, 0.25) is 0 Å². The first-order valence-electron chi connectivity index (χ1n) is 9.77. The highest BCUT2D eigenvalue weighted by Gasteiger charge is 2.20. The fraction of sp³-hybridized carbons (Fsp3) is 0.273. The molecule has 3 aromatic rings. The van der Waals surface area contributed by atoms with E-state index in [1.807, 2.05) is 4.57 Å². The Hall–Kier alpha value is -3.31. The van der Waals surface area contributed by atoms with Gasteiger partial charge in [-0.1, -0.05) is 24.6 Å². The van der Waals surface area contributed by atoms with E-state index < -0.39 is 0 Å². The highest BCUT2D eigenvalue weighted by Crippen LogP contribution is 2.18. The molecule has 0 aliphatic carbocycles. The van der Waals surface area contributed by atoms with Gasteiger partial charge < -0.3 is 4.57 Å². The number of hydrogen-bond donors (Lipinski definition) is 0. The molecule has 30 heavy (non-hydrogen) atoms. The molecule has 0 N–H and O–H groups in total. The van der Waals surface area contributed by atoms with Crippen LogP contribution in [0.25, 0.3) is 11.6 Å². The van der Waals surface area contributed by atoms with E-state index in [1.54, 1.807) is 24.3 Å². The topological polar surface area (TPSA) is 76.5 Å². The lowest BCUT2D eigenvalue weighted by molar-refractivity contribution is 0.626. The normalized spacial score (nSPS) is 15.3. The number of rotatable bonds is 4. The predicted molar refractivity (Wildman–Crippen MR) is 114 cm³/mol. The van der Waals surface area contributed by atoms with Crippen LogP contribution < -0.4 is 14.8 Å². The average Bonchev–Trinajstić information content (AvgIpc) is 3.17. The summed E-state index contributed by atoms with van der Waals surface area (Å²) in [4.78, 5) is 13.0. The van der Waals surface area contributed by atoms with Gasteiger partial charge in [-0.25, -0.2) is 4.39 Å². The number of aromatic nitrogens is 4. The van der Waals surface area contributed by atoms with Gasteiger partial charge in [0.05, 0.1) is 4.53 Å². The lowest BCUT2D eigenvalue weighted by Gasteiger charge is -2.06. The zero-order valence-electron chi connectivity index (χ0n) is 16.3. The number of hydrogen-bond acceptors (Lipinski definition) is 5. The summed E-state index contributed by atoms with van der Waals surface area (Å²) in [6.07, 6.45) is 7.33. The summed E-state index contributed by atoms with van der Waals surface area (Å²) < 4.78 is 17.7. The maximum Gasteiger partial charge on any atom is 0.269 e. The highest BCUT2D eigenvalue weighted by molar-refractivity contribution is 7.07. The second-order valence-corrected chi connectivity index (χ2v) is 8.09. The minimum absolute atomic E-state index is 0.220. The van der Waals surface area contributed by atoms with Crippen LogP contribution >= 0.6 is 11.3 Å². The number of allylic oxidation sites excluding steroid dienone is 1. The molecule has 152 valence electrons. The molecule has 0 bridgehead atoms. The number of benzene rings is 1. The lowest BCUT2D eigenvalue weighted by atomic mass is 10.2. The molecule has 6 nitrogen and oxygen atoms in total. The van der Waals surface area contributed by atoms with Crippen LogP contribution in [0.5, 0.6) is 0 Å². The minimum Gasteiger partial charge on any atom is -0.310 e. The van der Waals surface area contributed by atoms with Crippen molar-refractivity contribution >= 4 is 23.0 Å². The fourth-order valence-electron chi connectivity index (χ4n) is 3.57. The Kier molecular flexibility index (Phi) is 5.72. The third-order valence-corrected chi connectivity index (χ3v) is 6.18. The first kappa shape index (κ1) is 20.0. The molecule has 0 atom stereocenters. The fourth-order valence-corrected chi connectivity index (χ4v) is 4.68. The average molecular weight is 422 g/mol. The lowest BCUT2D eigenvalue weighted by Crippen LogP contribution is -2.32. The van der Waals surface area contributed by atoms with Gasteiger partial charge >= 0.3 is 0 Å². The Morgan fingerprint density at radius 2 is 2.07 bits per heavy atom. The van der Waals surface area contributed by atoms with Gasteiger partial charge in [-0.05, 0) is 36.6 Å². The monoisotopic (exact) mass is 421 g/mol. The molecule has 1 aromatic carbocycles. The summed E-state index contributed by atoms with van der Waals surface area (Å²) >= 11 is 1.22. The molecule has 3 heterocycles. The summed E-state index contributed by atoms with van der Waals surface area (Å²) in [6.45, 7) is 4.77. The smallest absolute Gasteiger partial charge is 0.269 e. The van der Waals surface area contributed by atoms with Crippen molar-refractivity contribution in [3.8, 4) is 6.07 Å². The Morgan fingerprint density at radius 1 is 1.27 bits per heavy atom. The SMILES string of the molecule is C=CCn1c(=O)c(=Cc2ccc(F)cc2)s/c1=C(\C#N)c1nnc2n1CCCCC2. The molecule has 8 heteroatoms. The van der Waals surface area contributed by atoms with E-state index in [2.05, 4.69) is 22.8 Å². The third-order valence-electron chi connectivity index (χ3n) is 5.05. The van der Waals surface area contributed by atoms with Crippen LogP contribution in [-0.4, -0.2) is 19.3 Å². The summed E-state index contributed by atoms with van der Waals surface area (Å²) in [5, 5.41) is 18.6. The van der Waals surface area contributed by atoms with Gasteiger partial charge in [0.2, 0.25) is 0 Å². The van der Waals surface area contributed by atoms with E-state index in [0.717, 1.165) is 38.1 Å². The number of fused-ring (bicyclic) bond motifs is 1. The molecule has 0 radical (unpaired) electrons. The molecule has 0 saturated heterocycles. The highest BCUT2D eigenvalue weighted by atomic mass is 32.1. The standard InChI is InChI=1S/C22H20FN5OS/c1-2-11-28-21(29)18(13-15-7-9-16(23)10-8-15)30-22(28)17(14-24)20-26-25-19-6-4-3-5-12-27(19)20/h2,7-10,13H,1,3-6,11-12H2/b18-13?,22-17+. The zero-order chi connectivity index (χ0) is 21.1. The summed E-state index contributed by atoms with van der Waals surface area (Å²) in [6, 6.07) is 8.17. The van der Waals surface area contributed by atoms with Gasteiger partial charge in [0.15, 0.2) is 5.82 Å². The van der Waals surface area contributed by atoms with Crippen molar-refractivity contribution < 1.29 is 4.39 Å². The predicted octanol–water partition coefficient (Wildman–Crippen LogP) is 2.10. The third kappa shape index (κ3) is 3.76. The van der Waals surface area contributed by atoms with Crippen molar-refractivity contribution in [2.45, 2.75) is 38.8 Å². The Bertz CT molecular complexity index is 1310. The van der Waals surface area contributed by atoms with E-state index in [-0.39, 0.29) is 17.9 Å². The van der Waals surface area contributed by atoms with Crippen molar-refractivity contribution in [3.63, 3.8) is 0 Å². The molecule has 0 spiro atoms. The molecule has 0 fully saturated rings. The second kappa shape index (κ2) is 8.59. The molecule has 4 rings (SSSR count). The summed E-state index contributed by atoms with van der Waals surface area (Å²) in [5.41, 5.74) is 0.822. The minimum atomic E-state index is -0.337. The van der Waals surface area contributed by atoms with Crippen molar-refractivity contribution in [2.24, 2.45) is 0 Å². The van der Waals surface area contributed by atoms with Gasteiger partial charge in [0, 0.05) is 19.5 Å². The van der Waals surface area contributed by atoms with Crippen LogP contribution in [0, 0.1) is 17.1 Å². The van der Waals surface area contributed by atoms with Crippen molar-refractivity contribution in [1.29, 1.82) is 5.26 Å². The van der Waals surface area contributed by atoms with E-state index in [9.17, 15) is 14.4 Å². The molecule has 1 aliphatic heterocycles. The largest absolute Gasteiger partial charge is 0.310 e. The number of aryl methyl sites for hydroxylation is 1. The van der Waals surface area contributed by atoms with Gasteiger partial charge in [0.25, 0.3) is 5.56 Å². The van der Waals surface area contributed by atoms with E-state index in [4.69, 9.17) is 0 Å². The van der Waals surface area contributed by atoms with E-state index >= 15 is 0 Å². The maximum absolute atomic E-state index is 13.2. The molecule has 2 aromatic heterocycles. The first-order valence-corrected chi connectivity index (χ1v) is 10.6. The Labute approximate surface area is 176 Å². The van der Waals surface area contributed by atoms with E-state index in [0.29, 0.717) is 26.2 Å². The Balaban J connectivity index is 1.97. The zero-order valence-corrected chi connectivity index (χ0v) is 17.2. The maximum atomic E-state index is 13.2. The van der Waals surface area contributed by atoms with Crippen molar-refractivity contribution in [3.05, 3.63) is 79.5 Å². The van der Waals surface area contributed by atoms with Crippen LogP contribution in [0.3, 0.4) is 0 Å². The van der Waals surface area contributed by atoms with Crippen LogP contribution in [0.15, 0.2) is 41.7 Å². The first-order chi connectivity index (χ1) is 14.6. The van der Waals surface area contributed by atoms with Gasteiger partial charge in [-0.2, -0.15) is 5.26 Å². The quantitative estimate of drug-likeness (QED) is 0.605. The molecular weight excluding hydrogens is 401 g/mol. The van der Waals surface area contributed by atoms with Crippen LogP contribution in [-0.2, 0) is 19.5 Å². The number of nitriles is 1. The molecule has 0 saturated carbocycles. The van der Waals surface area contributed by atoms with Gasteiger partial charge in [0.1, 0.15) is 27.9 Å². The van der Waals surface area contributed by atoms with Crippen molar-refractivity contribution in [2.75, 3.05) is 0 Å². The molecule has 1 aliphatic rings. The molecule has 0 amide bonds. The number of thiazole rings is 1. The van der Waals surface area contributed by atoms with Crippen LogP contribution in [0.4, 0.5) is 4.39 Å². The van der Waals surface area contributed by atoms with Gasteiger partial charge in [-0.3, -0.25) is 9.36 Å². The summed E-state index contributed by atoms with van der Waals surface area (Å²) in [5.74, 6) is 1.04.